The molecule has 2 aromatic rings. The number of rotatable bonds is 5. The molecular formula is C21H27ClN6O2. The van der Waals surface area contributed by atoms with Crippen LogP contribution >= 0.6 is 11.6 Å². The molecule has 1 saturated heterocycles. The van der Waals surface area contributed by atoms with Gasteiger partial charge >= 0.3 is 5.69 Å². The van der Waals surface area contributed by atoms with E-state index in [-0.39, 0.29) is 16.7 Å². The minimum Gasteiger partial charge on any atom is -0.368 e. The average molecular weight is 431 g/mol. The van der Waals surface area contributed by atoms with Crippen LogP contribution in [0.25, 0.3) is 0 Å². The zero-order valence-corrected chi connectivity index (χ0v) is 17.7. The van der Waals surface area contributed by atoms with Crippen LogP contribution in [-0.2, 0) is 0 Å². The van der Waals surface area contributed by atoms with E-state index < -0.39 is 0 Å². The number of nitrogens with zero attached hydrogens (tertiary/aromatic N) is 5. The van der Waals surface area contributed by atoms with E-state index in [0.29, 0.717) is 29.7 Å². The van der Waals surface area contributed by atoms with Crippen molar-refractivity contribution in [3.63, 3.8) is 0 Å². The topological polar surface area (TPSA) is 87.4 Å². The van der Waals surface area contributed by atoms with Gasteiger partial charge in [-0.25, -0.2) is 9.97 Å². The van der Waals surface area contributed by atoms with Crippen LogP contribution in [-0.4, -0.2) is 47.1 Å². The van der Waals surface area contributed by atoms with Crippen LogP contribution in [0.4, 0.5) is 23.0 Å². The minimum atomic E-state index is -0.349. The lowest BCUT2D eigenvalue weighted by atomic mass is 10.1. The fraction of sp³-hybridized carbons (Fsp3) is 0.524. The standard InChI is InChI=1S/C21H27ClN6O2/c22-16-6-5-9-18(14-16)26-10-12-27(13-11-26)21-19(28(29)30)20(23-15-24-21)25-17-7-3-1-2-4-8-17/h5-6,9,14-15,17H,1-4,7-8,10-13H2,(H,23,24,25). The Balaban J connectivity index is 1.50. The van der Waals surface area contributed by atoms with Crippen molar-refractivity contribution in [2.75, 3.05) is 41.3 Å². The molecule has 1 saturated carbocycles. The third kappa shape index (κ3) is 4.75. The zero-order chi connectivity index (χ0) is 20.9. The number of anilines is 3. The van der Waals surface area contributed by atoms with Crippen molar-refractivity contribution in [3.8, 4) is 0 Å². The number of hydrogen-bond acceptors (Lipinski definition) is 7. The molecule has 2 aliphatic rings. The van der Waals surface area contributed by atoms with Crippen LogP contribution in [0.15, 0.2) is 30.6 Å². The Morgan fingerprint density at radius 3 is 2.40 bits per heavy atom. The number of nitro groups is 1. The molecule has 2 fully saturated rings. The Kier molecular flexibility index (Phi) is 6.52. The molecule has 1 aliphatic heterocycles. The van der Waals surface area contributed by atoms with Gasteiger partial charge in [-0.2, -0.15) is 0 Å². The summed E-state index contributed by atoms with van der Waals surface area (Å²) in [5, 5.41) is 16.0. The van der Waals surface area contributed by atoms with Gasteiger partial charge in [0, 0.05) is 42.9 Å². The predicted molar refractivity (Wildman–Crippen MR) is 120 cm³/mol. The van der Waals surface area contributed by atoms with Crippen molar-refractivity contribution in [2.45, 2.75) is 44.6 Å². The second kappa shape index (κ2) is 9.47. The van der Waals surface area contributed by atoms with E-state index >= 15 is 0 Å². The van der Waals surface area contributed by atoms with Gasteiger partial charge in [0.1, 0.15) is 6.33 Å². The molecule has 0 unspecified atom stereocenters. The highest BCUT2D eigenvalue weighted by Crippen LogP contribution is 2.34. The molecule has 30 heavy (non-hydrogen) atoms. The first-order valence-electron chi connectivity index (χ1n) is 10.6. The Bertz CT molecular complexity index is 880. The summed E-state index contributed by atoms with van der Waals surface area (Å²) in [4.78, 5) is 24.4. The van der Waals surface area contributed by atoms with Crippen molar-refractivity contribution >= 4 is 34.6 Å². The van der Waals surface area contributed by atoms with Crippen LogP contribution in [0.3, 0.4) is 0 Å². The van der Waals surface area contributed by atoms with E-state index in [0.717, 1.165) is 44.5 Å². The first-order valence-corrected chi connectivity index (χ1v) is 11.0. The summed E-state index contributed by atoms with van der Waals surface area (Å²) in [7, 11) is 0. The molecular weight excluding hydrogens is 404 g/mol. The van der Waals surface area contributed by atoms with Crippen molar-refractivity contribution in [2.24, 2.45) is 0 Å². The smallest absolute Gasteiger partial charge is 0.353 e. The van der Waals surface area contributed by atoms with Crippen molar-refractivity contribution in [3.05, 3.63) is 45.7 Å². The van der Waals surface area contributed by atoms with Crippen LogP contribution in [0.2, 0.25) is 5.02 Å². The maximum atomic E-state index is 12.0. The summed E-state index contributed by atoms with van der Waals surface area (Å²) in [6.07, 6.45) is 8.23. The van der Waals surface area contributed by atoms with Gasteiger partial charge in [0.05, 0.1) is 4.92 Å². The van der Waals surface area contributed by atoms with Crippen LogP contribution in [0.5, 0.6) is 0 Å². The second-order valence-corrected chi connectivity index (χ2v) is 8.37. The molecule has 1 aromatic heterocycles. The van der Waals surface area contributed by atoms with Gasteiger partial charge < -0.3 is 15.1 Å². The molecule has 2 heterocycles. The van der Waals surface area contributed by atoms with Crippen molar-refractivity contribution in [1.29, 1.82) is 0 Å². The third-order valence-electron chi connectivity index (χ3n) is 5.93. The third-order valence-corrected chi connectivity index (χ3v) is 6.17. The first kappa shape index (κ1) is 20.7. The molecule has 1 aromatic carbocycles. The van der Waals surface area contributed by atoms with Gasteiger partial charge in [-0.1, -0.05) is 43.4 Å². The van der Waals surface area contributed by atoms with E-state index in [9.17, 15) is 10.1 Å². The fourth-order valence-corrected chi connectivity index (χ4v) is 4.53. The Hall–Kier alpha value is -2.61. The number of benzene rings is 1. The van der Waals surface area contributed by atoms with Gasteiger partial charge in [-0.15, -0.1) is 0 Å². The first-order chi connectivity index (χ1) is 14.6. The highest BCUT2D eigenvalue weighted by molar-refractivity contribution is 6.30. The summed E-state index contributed by atoms with van der Waals surface area (Å²) in [5.41, 5.74) is 1.05. The van der Waals surface area contributed by atoms with Crippen LogP contribution in [0.1, 0.15) is 38.5 Å². The van der Waals surface area contributed by atoms with Crippen LogP contribution in [0, 0.1) is 10.1 Å². The molecule has 1 aliphatic carbocycles. The molecule has 0 bridgehead atoms. The van der Waals surface area contributed by atoms with E-state index in [1.165, 1.54) is 19.2 Å². The Labute approximate surface area is 181 Å². The number of hydrogen-bond donors (Lipinski definition) is 1. The van der Waals surface area contributed by atoms with Gasteiger partial charge in [-0.05, 0) is 31.0 Å². The molecule has 4 rings (SSSR count). The Morgan fingerprint density at radius 1 is 1.03 bits per heavy atom. The number of piperazine rings is 1. The zero-order valence-electron chi connectivity index (χ0n) is 17.0. The molecule has 9 heteroatoms. The number of halogens is 1. The average Bonchev–Trinajstić information content (AvgIpc) is 3.02. The summed E-state index contributed by atoms with van der Waals surface area (Å²) < 4.78 is 0. The SMILES string of the molecule is O=[N+]([O-])c1c(NC2CCCCCC2)ncnc1N1CCN(c2cccc(Cl)c2)CC1. The van der Waals surface area contributed by atoms with Gasteiger partial charge in [0.25, 0.3) is 0 Å². The van der Waals surface area contributed by atoms with Crippen molar-refractivity contribution < 1.29 is 4.92 Å². The minimum absolute atomic E-state index is 0.0158. The number of nitrogens with one attached hydrogen (secondary N) is 1. The predicted octanol–water partition coefficient (Wildman–Crippen LogP) is 4.50. The lowest BCUT2D eigenvalue weighted by Gasteiger charge is -2.36. The van der Waals surface area contributed by atoms with E-state index in [2.05, 4.69) is 20.2 Å². The lowest BCUT2D eigenvalue weighted by Crippen LogP contribution is -2.47. The fourth-order valence-electron chi connectivity index (χ4n) is 4.34. The number of aromatic nitrogens is 2. The summed E-state index contributed by atoms with van der Waals surface area (Å²) in [5.74, 6) is 0.742. The molecule has 0 radical (unpaired) electrons. The Morgan fingerprint density at radius 2 is 1.73 bits per heavy atom. The van der Waals surface area contributed by atoms with Gasteiger partial charge in [-0.3, -0.25) is 10.1 Å². The van der Waals surface area contributed by atoms with Crippen LogP contribution < -0.4 is 15.1 Å². The molecule has 8 nitrogen and oxygen atoms in total. The highest BCUT2D eigenvalue weighted by atomic mass is 35.5. The highest BCUT2D eigenvalue weighted by Gasteiger charge is 2.30. The lowest BCUT2D eigenvalue weighted by molar-refractivity contribution is -0.383. The van der Waals surface area contributed by atoms with Gasteiger partial charge in [0.15, 0.2) is 0 Å². The molecule has 160 valence electrons. The molecule has 0 spiro atoms. The maximum absolute atomic E-state index is 12.0. The maximum Gasteiger partial charge on any atom is 0.353 e. The van der Waals surface area contributed by atoms with E-state index in [1.54, 1.807) is 0 Å². The summed E-state index contributed by atoms with van der Waals surface area (Å²) >= 11 is 6.12. The quantitative estimate of drug-likeness (QED) is 0.424. The largest absolute Gasteiger partial charge is 0.368 e. The van der Waals surface area contributed by atoms with E-state index in [1.807, 2.05) is 29.2 Å². The van der Waals surface area contributed by atoms with Crippen molar-refractivity contribution in [1.82, 2.24) is 9.97 Å². The monoisotopic (exact) mass is 430 g/mol. The molecule has 0 atom stereocenters. The summed E-state index contributed by atoms with van der Waals surface area (Å²) in [6, 6.07) is 8.00. The summed E-state index contributed by atoms with van der Waals surface area (Å²) in [6.45, 7) is 2.78. The van der Waals surface area contributed by atoms with Gasteiger partial charge in [0.2, 0.25) is 11.6 Å². The van der Waals surface area contributed by atoms with E-state index in [4.69, 9.17) is 11.6 Å². The second-order valence-electron chi connectivity index (χ2n) is 7.94. The molecule has 0 amide bonds. The molecule has 1 N–H and O–H groups in total. The normalized spacial score (nSPS) is 18.2.